The minimum absolute atomic E-state index is 0.229. The summed E-state index contributed by atoms with van der Waals surface area (Å²) in [7, 11) is 0. The molecule has 116 valence electrons. The van der Waals surface area contributed by atoms with Crippen LogP contribution in [0.3, 0.4) is 0 Å². The van der Waals surface area contributed by atoms with Crippen molar-refractivity contribution in [2.75, 3.05) is 5.32 Å². The number of hydrogen-bond donors (Lipinski definition) is 4. The Kier molecular flexibility index (Phi) is 5.08. The minimum atomic E-state index is -0.615. The quantitative estimate of drug-likeness (QED) is 0.663. The maximum absolute atomic E-state index is 12.1. The lowest BCUT2D eigenvalue weighted by molar-refractivity contribution is 0.0946. The lowest BCUT2D eigenvalue weighted by Crippen LogP contribution is -2.24. The molecule has 1 aromatic heterocycles. The first kappa shape index (κ1) is 15.9. The lowest BCUT2D eigenvalue weighted by Gasteiger charge is -2.06. The maximum Gasteiger partial charge on any atom is 0.316 e. The first-order chi connectivity index (χ1) is 10.5. The average Bonchev–Trinajstić information content (AvgIpc) is 2.87. The summed E-state index contributed by atoms with van der Waals surface area (Å²) in [6.45, 7) is 2.54. The van der Waals surface area contributed by atoms with Crippen LogP contribution >= 0.6 is 11.3 Å². The zero-order valence-electron chi connectivity index (χ0n) is 12.1. The van der Waals surface area contributed by atoms with E-state index in [0.717, 1.165) is 15.4 Å². The number of anilines is 1. The molecule has 0 radical (unpaired) electrons. The van der Waals surface area contributed by atoms with E-state index in [1.165, 1.54) is 11.3 Å². The van der Waals surface area contributed by atoms with Gasteiger partial charge in [0.1, 0.15) is 10.7 Å². The summed E-state index contributed by atoms with van der Waals surface area (Å²) in [4.78, 5) is 27.9. The van der Waals surface area contributed by atoms with E-state index in [0.29, 0.717) is 24.5 Å². The number of aromatic nitrogens is 1. The zero-order chi connectivity index (χ0) is 16.1. The summed E-state index contributed by atoms with van der Waals surface area (Å²) in [6.07, 6.45) is 0. The molecule has 0 unspecified atom stereocenters. The van der Waals surface area contributed by atoms with Crippen LogP contribution in [0.4, 0.5) is 10.5 Å². The van der Waals surface area contributed by atoms with Gasteiger partial charge in [-0.1, -0.05) is 12.1 Å². The molecular formula is C14H17N5O2S. The number of urea groups is 1. The minimum Gasteiger partial charge on any atom is -0.351 e. The number of carbonyl (C=O) groups is 2. The standard InChI is InChI=1S/C14H17N5O2S/c1-8-12(19-11(6-15)22-8)13(20)17-7-9-2-4-10(5-3-9)18-14(16)21/h2-5H,6-7,15H2,1H3,(H,17,20)(H3,16,18,21). The van der Waals surface area contributed by atoms with E-state index in [-0.39, 0.29) is 5.91 Å². The van der Waals surface area contributed by atoms with Crippen LogP contribution in [0.5, 0.6) is 0 Å². The van der Waals surface area contributed by atoms with E-state index < -0.39 is 6.03 Å². The predicted octanol–water partition coefficient (Wildman–Crippen LogP) is 1.33. The Morgan fingerprint density at radius 2 is 1.95 bits per heavy atom. The molecule has 7 nitrogen and oxygen atoms in total. The molecule has 2 rings (SSSR count). The lowest BCUT2D eigenvalue weighted by atomic mass is 10.2. The van der Waals surface area contributed by atoms with Crippen molar-refractivity contribution in [3.8, 4) is 0 Å². The van der Waals surface area contributed by atoms with Crippen molar-refractivity contribution < 1.29 is 9.59 Å². The number of hydrogen-bond acceptors (Lipinski definition) is 5. The van der Waals surface area contributed by atoms with Crippen LogP contribution in [0.25, 0.3) is 0 Å². The molecule has 1 heterocycles. The number of nitrogens with one attached hydrogen (secondary N) is 2. The molecule has 0 spiro atoms. The van der Waals surface area contributed by atoms with Crippen LogP contribution in [0.2, 0.25) is 0 Å². The first-order valence-corrected chi connectivity index (χ1v) is 7.41. The number of nitrogens with zero attached hydrogens (tertiary/aromatic N) is 1. The predicted molar refractivity (Wildman–Crippen MR) is 85.6 cm³/mol. The maximum atomic E-state index is 12.1. The Morgan fingerprint density at radius 3 is 2.50 bits per heavy atom. The zero-order valence-corrected chi connectivity index (χ0v) is 12.9. The van der Waals surface area contributed by atoms with Crippen LogP contribution in [-0.2, 0) is 13.1 Å². The van der Waals surface area contributed by atoms with Crippen molar-refractivity contribution in [1.82, 2.24) is 10.3 Å². The molecule has 0 aliphatic heterocycles. The molecular weight excluding hydrogens is 302 g/mol. The number of amides is 3. The van der Waals surface area contributed by atoms with Crippen molar-refractivity contribution in [2.24, 2.45) is 11.5 Å². The number of carbonyl (C=O) groups excluding carboxylic acids is 2. The molecule has 2 aromatic rings. The summed E-state index contributed by atoms with van der Waals surface area (Å²) in [5.41, 5.74) is 12.5. The molecule has 0 saturated heterocycles. The van der Waals surface area contributed by atoms with Crippen LogP contribution in [0.1, 0.15) is 25.9 Å². The van der Waals surface area contributed by atoms with Crippen molar-refractivity contribution in [1.29, 1.82) is 0 Å². The van der Waals surface area contributed by atoms with Crippen LogP contribution < -0.4 is 22.1 Å². The average molecular weight is 319 g/mol. The third-order valence-corrected chi connectivity index (χ3v) is 3.90. The summed E-state index contributed by atoms with van der Waals surface area (Å²) < 4.78 is 0. The third-order valence-electron chi connectivity index (χ3n) is 2.91. The molecule has 0 aliphatic rings. The van der Waals surface area contributed by atoms with Gasteiger partial charge in [-0.15, -0.1) is 11.3 Å². The van der Waals surface area contributed by atoms with Gasteiger partial charge in [0.2, 0.25) is 0 Å². The Bertz CT molecular complexity index is 681. The van der Waals surface area contributed by atoms with Crippen molar-refractivity contribution in [2.45, 2.75) is 20.0 Å². The molecule has 0 fully saturated rings. The van der Waals surface area contributed by atoms with Gasteiger partial charge < -0.3 is 22.1 Å². The molecule has 0 saturated carbocycles. The van der Waals surface area contributed by atoms with E-state index in [1.807, 2.05) is 6.92 Å². The van der Waals surface area contributed by atoms with Gasteiger partial charge in [-0.2, -0.15) is 0 Å². The SMILES string of the molecule is Cc1sc(CN)nc1C(=O)NCc1ccc(NC(N)=O)cc1. The van der Waals surface area contributed by atoms with Crippen molar-refractivity contribution >= 4 is 29.0 Å². The number of nitrogens with two attached hydrogens (primary N) is 2. The van der Waals surface area contributed by atoms with Crippen LogP contribution in [0, 0.1) is 6.92 Å². The van der Waals surface area contributed by atoms with E-state index >= 15 is 0 Å². The van der Waals surface area contributed by atoms with Gasteiger partial charge in [-0.05, 0) is 24.6 Å². The summed E-state index contributed by atoms with van der Waals surface area (Å²) >= 11 is 1.42. The van der Waals surface area contributed by atoms with Gasteiger partial charge in [0, 0.05) is 23.7 Å². The Morgan fingerprint density at radius 1 is 1.27 bits per heavy atom. The second-order valence-electron chi connectivity index (χ2n) is 4.59. The monoisotopic (exact) mass is 319 g/mol. The van der Waals surface area contributed by atoms with Gasteiger partial charge in [0.15, 0.2) is 0 Å². The Hall–Kier alpha value is -2.45. The Labute approximate surface area is 131 Å². The topological polar surface area (TPSA) is 123 Å². The second kappa shape index (κ2) is 7.01. The number of primary amides is 1. The molecule has 3 amide bonds. The molecule has 0 atom stereocenters. The van der Waals surface area contributed by atoms with E-state index in [4.69, 9.17) is 11.5 Å². The highest BCUT2D eigenvalue weighted by molar-refractivity contribution is 7.11. The summed E-state index contributed by atoms with van der Waals surface area (Å²) in [5, 5.41) is 6.02. The fraction of sp³-hybridized carbons (Fsp3) is 0.214. The summed E-state index contributed by atoms with van der Waals surface area (Å²) in [6, 6.07) is 6.41. The summed E-state index contributed by atoms with van der Waals surface area (Å²) in [5.74, 6) is -0.229. The highest BCUT2D eigenvalue weighted by Gasteiger charge is 2.14. The van der Waals surface area contributed by atoms with Crippen molar-refractivity contribution in [3.05, 3.63) is 45.4 Å². The largest absolute Gasteiger partial charge is 0.351 e. The fourth-order valence-electron chi connectivity index (χ4n) is 1.86. The number of thiazole rings is 1. The van der Waals surface area contributed by atoms with Gasteiger partial charge in [0.25, 0.3) is 5.91 Å². The highest BCUT2D eigenvalue weighted by Crippen LogP contribution is 2.17. The highest BCUT2D eigenvalue weighted by atomic mass is 32.1. The molecule has 8 heteroatoms. The van der Waals surface area contributed by atoms with Gasteiger partial charge in [-0.25, -0.2) is 9.78 Å². The second-order valence-corrected chi connectivity index (χ2v) is 5.87. The number of aryl methyl sites for hydroxylation is 1. The van der Waals surface area contributed by atoms with Gasteiger partial charge in [-0.3, -0.25) is 4.79 Å². The number of benzene rings is 1. The van der Waals surface area contributed by atoms with E-state index in [9.17, 15) is 9.59 Å². The normalized spacial score (nSPS) is 10.3. The Balaban J connectivity index is 1.95. The molecule has 1 aromatic carbocycles. The van der Waals surface area contributed by atoms with Crippen LogP contribution in [0.15, 0.2) is 24.3 Å². The van der Waals surface area contributed by atoms with E-state index in [2.05, 4.69) is 15.6 Å². The van der Waals surface area contributed by atoms with Gasteiger partial charge >= 0.3 is 6.03 Å². The van der Waals surface area contributed by atoms with Crippen LogP contribution in [-0.4, -0.2) is 16.9 Å². The smallest absolute Gasteiger partial charge is 0.316 e. The molecule has 0 bridgehead atoms. The number of rotatable bonds is 5. The fourth-order valence-corrected chi connectivity index (χ4v) is 2.67. The van der Waals surface area contributed by atoms with Crippen molar-refractivity contribution in [3.63, 3.8) is 0 Å². The van der Waals surface area contributed by atoms with E-state index in [1.54, 1.807) is 24.3 Å². The molecule has 22 heavy (non-hydrogen) atoms. The van der Waals surface area contributed by atoms with Gasteiger partial charge in [0.05, 0.1) is 0 Å². The molecule has 0 aliphatic carbocycles. The molecule has 6 N–H and O–H groups in total. The first-order valence-electron chi connectivity index (χ1n) is 6.59. The third kappa shape index (κ3) is 4.03.